The summed E-state index contributed by atoms with van der Waals surface area (Å²) >= 11 is 0. The van der Waals surface area contributed by atoms with Crippen LogP contribution in [-0.4, -0.2) is 45.9 Å². The number of likely N-dealkylation sites (tertiary alicyclic amines) is 1. The van der Waals surface area contributed by atoms with Crippen molar-refractivity contribution < 1.29 is 9.72 Å². The maximum absolute atomic E-state index is 12.5. The Balaban J connectivity index is 0.00000156. The number of nitrogens with two attached hydrogens (primary N) is 1. The number of carbonyl (C=O) groups is 1. The number of halogens is 2. The highest BCUT2D eigenvalue weighted by Crippen LogP contribution is 2.27. The standard InChI is InChI=1S/C15H21N5O3.2ClH/c16-11-2-1-10(7-11)15(21)19-6-5-12(9-19)18-14-4-3-13(8-17-14)20(22)23;;/h3-4,8,10-12H,1-2,5-7,9,16H2,(H,17,18);2*1H. The fourth-order valence-corrected chi connectivity index (χ4v) is 3.37. The fourth-order valence-electron chi connectivity index (χ4n) is 3.37. The van der Waals surface area contributed by atoms with E-state index in [9.17, 15) is 14.9 Å². The minimum Gasteiger partial charge on any atom is -0.365 e. The molecular formula is C15H23Cl2N5O3. The summed E-state index contributed by atoms with van der Waals surface area (Å²) in [7, 11) is 0. The normalized spacial score (nSPS) is 25.0. The van der Waals surface area contributed by atoms with Crippen molar-refractivity contribution >= 4 is 42.2 Å². The number of nitrogens with zero attached hydrogens (tertiary/aromatic N) is 3. The molecule has 0 spiro atoms. The monoisotopic (exact) mass is 391 g/mol. The van der Waals surface area contributed by atoms with Gasteiger partial charge in [-0.05, 0) is 31.7 Å². The Kier molecular flexibility index (Phi) is 7.85. The van der Waals surface area contributed by atoms with E-state index in [4.69, 9.17) is 5.73 Å². The molecule has 1 saturated heterocycles. The Morgan fingerprint density at radius 3 is 2.64 bits per heavy atom. The van der Waals surface area contributed by atoms with E-state index in [1.807, 2.05) is 4.90 Å². The van der Waals surface area contributed by atoms with Crippen LogP contribution < -0.4 is 11.1 Å². The Hall–Kier alpha value is -1.64. The maximum atomic E-state index is 12.5. The predicted molar refractivity (Wildman–Crippen MR) is 99.3 cm³/mol. The van der Waals surface area contributed by atoms with E-state index >= 15 is 0 Å². The number of pyridine rings is 1. The van der Waals surface area contributed by atoms with Gasteiger partial charge in [-0.25, -0.2) is 4.98 Å². The van der Waals surface area contributed by atoms with E-state index in [2.05, 4.69) is 10.3 Å². The third-order valence-corrected chi connectivity index (χ3v) is 4.63. The van der Waals surface area contributed by atoms with Crippen molar-refractivity contribution in [1.29, 1.82) is 0 Å². The van der Waals surface area contributed by atoms with Crippen LogP contribution in [0.25, 0.3) is 0 Å². The molecule has 3 atom stereocenters. The molecule has 3 unspecified atom stereocenters. The zero-order valence-corrected chi connectivity index (χ0v) is 15.3. The maximum Gasteiger partial charge on any atom is 0.287 e. The Labute approximate surface area is 158 Å². The summed E-state index contributed by atoms with van der Waals surface area (Å²) in [5.74, 6) is 0.873. The molecule has 0 bridgehead atoms. The van der Waals surface area contributed by atoms with E-state index in [1.54, 1.807) is 6.07 Å². The van der Waals surface area contributed by atoms with Gasteiger partial charge in [0.05, 0.1) is 4.92 Å². The molecule has 1 amide bonds. The Morgan fingerprint density at radius 1 is 1.32 bits per heavy atom. The minimum absolute atomic E-state index is 0. The van der Waals surface area contributed by atoms with Gasteiger partial charge in [0.15, 0.2) is 0 Å². The molecule has 8 nitrogen and oxygen atoms in total. The van der Waals surface area contributed by atoms with Gasteiger partial charge in [-0.15, -0.1) is 24.8 Å². The summed E-state index contributed by atoms with van der Waals surface area (Å²) in [5.41, 5.74) is 5.85. The van der Waals surface area contributed by atoms with Crippen LogP contribution in [0.3, 0.4) is 0 Å². The van der Waals surface area contributed by atoms with Crippen LogP contribution in [0.15, 0.2) is 18.3 Å². The number of hydrogen-bond donors (Lipinski definition) is 2. The van der Waals surface area contributed by atoms with Gasteiger partial charge in [-0.2, -0.15) is 0 Å². The van der Waals surface area contributed by atoms with Crippen molar-refractivity contribution in [2.45, 2.75) is 37.8 Å². The molecule has 2 fully saturated rings. The fraction of sp³-hybridized carbons (Fsp3) is 0.600. The quantitative estimate of drug-likeness (QED) is 0.598. The van der Waals surface area contributed by atoms with Crippen molar-refractivity contribution in [2.75, 3.05) is 18.4 Å². The van der Waals surface area contributed by atoms with Gasteiger partial charge in [0, 0.05) is 37.2 Å². The second-order valence-electron chi connectivity index (χ2n) is 6.34. The van der Waals surface area contributed by atoms with Gasteiger partial charge in [-0.1, -0.05) is 0 Å². The first-order valence-electron chi connectivity index (χ1n) is 7.94. The molecule has 140 valence electrons. The first kappa shape index (κ1) is 21.4. The number of aromatic nitrogens is 1. The number of rotatable bonds is 4. The Bertz CT molecular complexity index is 601. The molecule has 1 aliphatic heterocycles. The molecule has 1 aliphatic carbocycles. The second-order valence-corrected chi connectivity index (χ2v) is 6.34. The van der Waals surface area contributed by atoms with Crippen LogP contribution in [0.2, 0.25) is 0 Å². The summed E-state index contributed by atoms with van der Waals surface area (Å²) in [5, 5.41) is 13.9. The lowest BCUT2D eigenvalue weighted by Crippen LogP contribution is -2.35. The Morgan fingerprint density at radius 2 is 2.08 bits per heavy atom. The topological polar surface area (TPSA) is 114 Å². The number of nitro groups is 1. The van der Waals surface area contributed by atoms with Crippen LogP contribution in [0.1, 0.15) is 25.7 Å². The third kappa shape index (κ3) is 5.17. The molecule has 1 aromatic rings. The van der Waals surface area contributed by atoms with Crippen molar-refractivity contribution in [2.24, 2.45) is 11.7 Å². The molecule has 2 heterocycles. The molecule has 0 radical (unpaired) electrons. The second kappa shape index (κ2) is 9.17. The van der Waals surface area contributed by atoms with Crippen molar-refractivity contribution in [1.82, 2.24) is 9.88 Å². The molecule has 0 aromatic carbocycles. The molecule has 1 saturated carbocycles. The summed E-state index contributed by atoms with van der Waals surface area (Å²) in [6, 6.07) is 3.30. The van der Waals surface area contributed by atoms with Crippen LogP contribution in [0, 0.1) is 16.0 Å². The molecule has 10 heteroatoms. The number of amides is 1. The van der Waals surface area contributed by atoms with Crippen molar-refractivity contribution in [3.05, 3.63) is 28.4 Å². The molecular weight excluding hydrogens is 369 g/mol. The summed E-state index contributed by atoms with van der Waals surface area (Å²) in [6.45, 7) is 1.37. The van der Waals surface area contributed by atoms with Crippen LogP contribution >= 0.6 is 24.8 Å². The molecule has 25 heavy (non-hydrogen) atoms. The van der Waals surface area contributed by atoms with E-state index in [1.165, 1.54) is 12.3 Å². The van der Waals surface area contributed by atoms with E-state index < -0.39 is 4.92 Å². The van der Waals surface area contributed by atoms with Gasteiger partial charge in [0.1, 0.15) is 12.0 Å². The van der Waals surface area contributed by atoms with Crippen LogP contribution in [0.4, 0.5) is 11.5 Å². The summed E-state index contributed by atoms with van der Waals surface area (Å²) in [6.07, 6.45) is 4.69. The summed E-state index contributed by atoms with van der Waals surface area (Å²) < 4.78 is 0. The SMILES string of the molecule is Cl.Cl.NC1CCC(C(=O)N2CCC(Nc3ccc([N+](=O)[O-])cn3)C2)C1. The van der Waals surface area contributed by atoms with Gasteiger partial charge in [0.2, 0.25) is 5.91 Å². The van der Waals surface area contributed by atoms with Crippen LogP contribution in [-0.2, 0) is 4.79 Å². The first-order chi connectivity index (χ1) is 11.0. The molecule has 3 rings (SSSR count). The van der Waals surface area contributed by atoms with Gasteiger partial charge in [0.25, 0.3) is 5.69 Å². The van der Waals surface area contributed by atoms with E-state index in [0.717, 1.165) is 32.2 Å². The average Bonchev–Trinajstić information content (AvgIpc) is 3.16. The highest BCUT2D eigenvalue weighted by Gasteiger charge is 2.34. The van der Waals surface area contributed by atoms with Crippen molar-refractivity contribution in [3.63, 3.8) is 0 Å². The largest absolute Gasteiger partial charge is 0.365 e. The average molecular weight is 392 g/mol. The lowest BCUT2D eigenvalue weighted by molar-refractivity contribution is -0.385. The lowest BCUT2D eigenvalue weighted by Gasteiger charge is -2.21. The zero-order valence-electron chi connectivity index (χ0n) is 13.7. The summed E-state index contributed by atoms with van der Waals surface area (Å²) in [4.78, 5) is 28.5. The van der Waals surface area contributed by atoms with Gasteiger partial charge >= 0.3 is 0 Å². The van der Waals surface area contributed by atoms with E-state index in [0.29, 0.717) is 12.4 Å². The first-order valence-corrected chi connectivity index (χ1v) is 7.94. The number of carbonyl (C=O) groups excluding carboxylic acids is 1. The molecule has 1 aromatic heterocycles. The predicted octanol–water partition coefficient (Wildman–Crippen LogP) is 1.97. The minimum atomic E-state index is -0.473. The lowest BCUT2D eigenvalue weighted by atomic mass is 10.1. The number of nitrogens with one attached hydrogen (secondary N) is 1. The van der Waals surface area contributed by atoms with Gasteiger partial charge in [-0.3, -0.25) is 14.9 Å². The smallest absolute Gasteiger partial charge is 0.287 e. The van der Waals surface area contributed by atoms with E-state index in [-0.39, 0.29) is 54.4 Å². The number of hydrogen-bond acceptors (Lipinski definition) is 6. The van der Waals surface area contributed by atoms with Gasteiger partial charge < -0.3 is 16.0 Å². The highest BCUT2D eigenvalue weighted by atomic mass is 35.5. The molecule has 2 aliphatic rings. The molecule has 3 N–H and O–H groups in total. The highest BCUT2D eigenvalue weighted by molar-refractivity contribution is 5.85. The van der Waals surface area contributed by atoms with Crippen molar-refractivity contribution in [3.8, 4) is 0 Å². The van der Waals surface area contributed by atoms with Crippen LogP contribution in [0.5, 0.6) is 0 Å². The zero-order chi connectivity index (χ0) is 16.4. The number of anilines is 1. The third-order valence-electron chi connectivity index (χ3n) is 4.63.